The first kappa shape index (κ1) is 20.3. The molecule has 1 amide bonds. The second-order valence-electron chi connectivity index (χ2n) is 7.28. The van der Waals surface area contributed by atoms with Crippen LogP contribution in [0, 0.1) is 6.92 Å². The highest BCUT2D eigenvalue weighted by Gasteiger charge is 2.25. The SMILES string of the molecule is COc1ccc(Cl)cc1C(=O)N1CCN(c2cc(C)c3cccc(OC)c3n2)CC1. The lowest BCUT2D eigenvalue weighted by molar-refractivity contribution is 0.0743. The van der Waals surface area contributed by atoms with E-state index in [9.17, 15) is 4.79 Å². The fourth-order valence-corrected chi connectivity index (χ4v) is 4.03. The fourth-order valence-electron chi connectivity index (χ4n) is 3.86. The Morgan fingerprint density at radius 2 is 1.73 bits per heavy atom. The van der Waals surface area contributed by atoms with Gasteiger partial charge in [-0.1, -0.05) is 23.7 Å². The van der Waals surface area contributed by atoms with Crippen molar-refractivity contribution in [1.29, 1.82) is 0 Å². The van der Waals surface area contributed by atoms with Gasteiger partial charge in [0.1, 0.15) is 22.8 Å². The van der Waals surface area contributed by atoms with Crippen molar-refractivity contribution in [1.82, 2.24) is 9.88 Å². The molecule has 1 saturated heterocycles. The van der Waals surface area contributed by atoms with Crippen molar-refractivity contribution in [2.24, 2.45) is 0 Å². The molecular weight excluding hydrogens is 402 g/mol. The quantitative estimate of drug-likeness (QED) is 0.627. The highest BCUT2D eigenvalue weighted by molar-refractivity contribution is 6.31. The van der Waals surface area contributed by atoms with Crippen LogP contribution in [0.4, 0.5) is 5.82 Å². The number of fused-ring (bicyclic) bond motifs is 1. The lowest BCUT2D eigenvalue weighted by atomic mass is 10.1. The standard InChI is InChI=1S/C23H24ClN3O3/c1-15-13-21(25-22-17(15)5-4-6-20(22)30-3)26-9-11-27(12-10-26)23(28)18-14-16(24)7-8-19(18)29-2/h4-8,13-14H,9-12H2,1-3H3. The Hall–Kier alpha value is -2.99. The zero-order valence-electron chi connectivity index (χ0n) is 17.3. The van der Waals surface area contributed by atoms with Crippen molar-refractivity contribution in [3.8, 4) is 11.5 Å². The van der Waals surface area contributed by atoms with E-state index in [0.717, 1.165) is 28.0 Å². The Morgan fingerprint density at radius 3 is 2.43 bits per heavy atom. The largest absolute Gasteiger partial charge is 0.496 e. The first-order chi connectivity index (χ1) is 14.5. The molecule has 2 heterocycles. The van der Waals surface area contributed by atoms with E-state index in [1.165, 1.54) is 0 Å². The van der Waals surface area contributed by atoms with Crippen molar-refractivity contribution in [2.75, 3.05) is 45.3 Å². The number of ether oxygens (including phenoxy) is 2. The van der Waals surface area contributed by atoms with E-state index in [1.807, 2.05) is 17.0 Å². The number of hydrogen-bond acceptors (Lipinski definition) is 5. The van der Waals surface area contributed by atoms with Crippen molar-refractivity contribution < 1.29 is 14.3 Å². The summed E-state index contributed by atoms with van der Waals surface area (Å²) in [7, 11) is 3.22. The minimum atomic E-state index is -0.0710. The van der Waals surface area contributed by atoms with Crippen molar-refractivity contribution in [3.63, 3.8) is 0 Å². The Morgan fingerprint density at radius 1 is 1.00 bits per heavy atom. The van der Waals surface area contributed by atoms with Gasteiger partial charge >= 0.3 is 0 Å². The molecule has 0 spiro atoms. The average Bonchev–Trinajstić information content (AvgIpc) is 2.78. The smallest absolute Gasteiger partial charge is 0.257 e. The number of benzene rings is 2. The van der Waals surface area contributed by atoms with Gasteiger partial charge in [-0.25, -0.2) is 4.98 Å². The molecule has 1 aromatic heterocycles. The number of rotatable bonds is 4. The van der Waals surface area contributed by atoms with Crippen LogP contribution in [0.2, 0.25) is 5.02 Å². The second-order valence-corrected chi connectivity index (χ2v) is 7.71. The maximum Gasteiger partial charge on any atom is 0.257 e. The lowest BCUT2D eigenvalue weighted by Gasteiger charge is -2.36. The highest BCUT2D eigenvalue weighted by atomic mass is 35.5. The van der Waals surface area contributed by atoms with Crippen LogP contribution in [-0.2, 0) is 0 Å². The van der Waals surface area contributed by atoms with Crippen LogP contribution in [0.1, 0.15) is 15.9 Å². The van der Waals surface area contributed by atoms with Crippen LogP contribution >= 0.6 is 11.6 Å². The predicted molar refractivity (Wildman–Crippen MR) is 119 cm³/mol. The summed E-state index contributed by atoms with van der Waals surface area (Å²) < 4.78 is 10.8. The molecule has 156 valence electrons. The van der Waals surface area contributed by atoms with Gasteiger partial charge in [0.05, 0.1) is 19.8 Å². The molecule has 0 N–H and O–H groups in total. The van der Waals surface area contributed by atoms with Crippen LogP contribution < -0.4 is 14.4 Å². The van der Waals surface area contributed by atoms with Crippen LogP contribution in [0.3, 0.4) is 0 Å². The number of amides is 1. The van der Waals surface area contributed by atoms with E-state index in [2.05, 4.69) is 24.0 Å². The molecule has 2 aromatic carbocycles. The average molecular weight is 426 g/mol. The van der Waals surface area contributed by atoms with Gasteiger partial charge in [-0.2, -0.15) is 0 Å². The Kier molecular flexibility index (Phi) is 5.68. The van der Waals surface area contributed by atoms with E-state index in [0.29, 0.717) is 42.5 Å². The molecule has 0 saturated carbocycles. The molecule has 3 aromatic rings. The molecule has 0 unspecified atom stereocenters. The topological polar surface area (TPSA) is 54.9 Å². The van der Waals surface area contributed by atoms with E-state index in [-0.39, 0.29) is 5.91 Å². The molecule has 30 heavy (non-hydrogen) atoms. The number of carbonyl (C=O) groups excluding carboxylic acids is 1. The normalized spacial score (nSPS) is 14.1. The summed E-state index contributed by atoms with van der Waals surface area (Å²) in [6.45, 7) is 4.67. The van der Waals surface area contributed by atoms with Gasteiger partial charge in [0, 0.05) is 36.6 Å². The molecule has 1 aliphatic rings. The third kappa shape index (κ3) is 3.75. The molecule has 0 bridgehead atoms. The van der Waals surface area contributed by atoms with Crippen molar-refractivity contribution >= 4 is 34.2 Å². The number of pyridine rings is 1. The lowest BCUT2D eigenvalue weighted by Crippen LogP contribution is -2.49. The number of aryl methyl sites for hydroxylation is 1. The summed E-state index contributed by atoms with van der Waals surface area (Å²) in [4.78, 5) is 21.9. The molecule has 6 nitrogen and oxygen atoms in total. The monoisotopic (exact) mass is 425 g/mol. The predicted octanol–water partition coefficient (Wildman–Crippen LogP) is 4.18. The number of anilines is 1. The third-order valence-electron chi connectivity index (χ3n) is 5.50. The number of halogens is 1. The minimum absolute atomic E-state index is 0.0710. The molecule has 1 aliphatic heterocycles. The van der Waals surface area contributed by atoms with Gasteiger partial charge in [-0.05, 0) is 42.8 Å². The number of piperazine rings is 1. The van der Waals surface area contributed by atoms with Crippen LogP contribution in [0.5, 0.6) is 11.5 Å². The Balaban J connectivity index is 1.54. The van der Waals surface area contributed by atoms with E-state index < -0.39 is 0 Å². The van der Waals surface area contributed by atoms with Crippen LogP contribution in [-0.4, -0.2) is 56.2 Å². The summed E-state index contributed by atoms with van der Waals surface area (Å²) in [6, 6.07) is 13.2. The molecule has 7 heteroatoms. The molecule has 1 fully saturated rings. The van der Waals surface area contributed by atoms with Gasteiger partial charge in [0.15, 0.2) is 0 Å². The van der Waals surface area contributed by atoms with Gasteiger partial charge in [0.25, 0.3) is 5.91 Å². The van der Waals surface area contributed by atoms with Gasteiger partial charge in [-0.3, -0.25) is 4.79 Å². The highest BCUT2D eigenvalue weighted by Crippen LogP contribution is 2.30. The number of hydrogen-bond donors (Lipinski definition) is 0. The maximum absolute atomic E-state index is 13.0. The summed E-state index contributed by atoms with van der Waals surface area (Å²) >= 11 is 6.09. The molecule has 0 radical (unpaired) electrons. The van der Waals surface area contributed by atoms with Crippen molar-refractivity contribution in [2.45, 2.75) is 6.92 Å². The van der Waals surface area contributed by atoms with Gasteiger partial charge < -0.3 is 19.3 Å². The molecule has 0 aliphatic carbocycles. The first-order valence-electron chi connectivity index (χ1n) is 9.84. The number of para-hydroxylation sites is 1. The van der Waals surface area contributed by atoms with E-state index in [1.54, 1.807) is 32.4 Å². The zero-order chi connectivity index (χ0) is 21.3. The minimum Gasteiger partial charge on any atom is -0.496 e. The summed E-state index contributed by atoms with van der Waals surface area (Å²) in [6.07, 6.45) is 0. The van der Waals surface area contributed by atoms with Gasteiger partial charge in [0.2, 0.25) is 0 Å². The zero-order valence-corrected chi connectivity index (χ0v) is 18.1. The van der Waals surface area contributed by atoms with E-state index in [4.69, 9.17) is 26.1 Å². The third-order valence-corrected chi connectivity index (χ3v) is 5.73. The second kappa shape index (κ2) is 8.40. The molecule has 4 rings (SSSR count). The Labute approximate surface area is 181 Å². The van der Waals surface area contributed by atoms with E-state index >= 15 is 0 Å². The number of carbonyl (C=O) groups is 1. The summed E-state index contributed by atoms with van der Waals surface area (Å²) in [5, 5.41) is 1.60. The number of nitrogens with zero attached hydrogens (tertiary/aromatic N) is 3. The number of aromatic nitrogens is 1. The van der Waals surface area contributed by atoms with Gasteiger partial charge in [-0.15, -0.1) is 0 Å². The van der Waals surface area contributed by atoms with Crippen LogP contribution in [0.25, 0.3) is 10.9 Å². The first-order valence-corrected chi connectivity index (χ1v) is 10.2. The Bertz CT molecular complexity index is 1090. The summed E-state index contributed by atoms with van der Waals surface area (Å²) in [5.41, 5.74) is 2.50. The maximum atomic E-state index is 13.0. The number of methoxy groups -OCH3 is 2. The molecular formula is C23H24ClN3O3. The van der Waals surface area contributed by atoms with Crippen LogP contribution in [0.15, 0.2) is 42.5 Å². The van der Waals surface area contributed by atoms with Crippen molar-refractivity contribution in [3.05, 3.63) is 58.6 Å². The fraction of sp³-hybridized carbons (Fsp3) is 0.304. The molecule has 0 atom stereocenters. The summed E-state index contributed by atoms with van der Waals surface area (Å²) in [5.74, 6) is 2.13.